The fourth-order valence-electron chi connectivity index (χ4n) is 4.40. The molecule has 0 spiro atoms. The van der Waals surface area contributed by atoms with Crippen molar-refractivity contribution in [1.82, 2.24) is 20.0 Å². The SMILES string of the molecule is CCOc1ccc(Cl)cc1C(=O)NCC(C)(C)CC(=O)Nc1c(CC(C)(C)NC)n(C)n(-c2ccccc2)c1=O. The predicted molar refractivity (Wildman–Crippen MR) is 160 cm³/mol. The van der Waals surface area contributed by atoms with Crippen LogP contribution in [0.25, 0.3) is 5.69 Å². The zero-order valence-corrected chi connectivity index (χ0v) is 25.1. The van der Waals surface area contributed by atoms with Gasteiger partial charge in [0.1, 0.15) is 11.4 Å². The van der Waals surface area contributed by atoms with Crippen molar-refractivity contribution in [3.05, 3.63) is 75.2 Å². The number of nitrogens with one attached hydrogen (secondary N) is 3. The van der Waals surface area contributed by atoms with Gasteiger partial charge in [0, 0.05) is 37.0 Å². The molecule has 0 saturated heterocycles. The lowest BCUT2D eigenvalue weighted by Gasteiger charge is -2.26. The van der Waals surface area contributed by atoms with Crippen molar-refractivity contribution < 1.29 is 14.3 Å². The molecule has 0 fully saturated rings. The van der Waals surface area contributed by atoms with Gasteiger partial charge in [-0.2, -0.15) is 0 Å². The summed E-state index contributed by atoms with van der Waals surface area (Å²) in [6.07, 6.45) is 0.585. The molecule has 3 N–H and O–H groups in total. The number of para-hydroxylation sites is 1. The van der Waals surface area contributed by atoms with Crippen LogP contribution in [-0.4, -0.2) is 46.9 Å². The van der Waals surface area contributed by atoms with Crippen molar-refractivity contribution in [1.29, 1.82) is 0 Å². The van der Waals surface area contributed by atoms with Crippen molar-refractivity contribution >= 4 is 29.1 Å². The Morgan fingerprint density at radius 1 is 1.05 bits per heavy atom. The molecule has 0 atom stereocenters. The third-order valence-corrected chi connectivity index (χ3v) is 7.02. The van der Waals surface area contributed by atoms with Gasteiger partial charge < -0.3 is 20.7 Å². The third kappa shape index (κ3) is 7.55. The molecule has 216 valence electrons. The van der Waals surface area contributed by atoms with Gasteiger partial charge in [0.05, 0.1) is 23.6 Å². The molecule has 2 amide bonds. The minimum atomic E-state index is -0.609. The fraction of sp³-hybridized carbons (Fsp3) is 0.433. The van der Waals surface area contributed by atoms with Crippen LogP contribution in [0.1, 0.15) is 57.1 Å². The van der Waals surface area contributed by atoms with Gasteiger partial charge in [-0.1, -0.05) is 43.6 Å². The zero-order chi connectivity index (χ0) is 29.7. The number of amides is 2. The first-order valence-corrected chi connectivity index (χ1v) is 13.7. The van der Waals surface area contributed by atoms with E-state index in [1.165, 1.54) is 0 Å². The highest BCUT2D eigenvalue weighted by molar-refractivity contribution is 6.31. The van der Waals surface area contributed by atoms with Gasteiger partial charge in [0.2, 0.25) is 5.91 Å². The van der Waals surface area contributed by atoms with E-state index in [0.717, 1.165) is 0 Å². The van der Waals surface area contributed by atoms with Gasteiger partial charge in [-0.15, -0.1) is 0 Å². The number of rotatable bonds is 12. The molecule has 0 aliphatic rings. The summed E-state index contributed by atoms with van der Waals surface area (Å²) in [7, 11) is 3.68. The second-order valence-corrected chi connectivity index (χ2v) is 11.7. The Bertz CT molecular complexity index is 1410. The molecule has 2 aromatic carbocycles. The largest absolute Gasteiger partial charge is 0.493 e. The maximum absolute atomic E-state index is 13.6. The van der Waals surface area contributed by atoms with E-state index in [4.69, 9.17) is 16.3 Å². The summed E-state index contributed by atoms with van der Waals surface area (Å²) in [5.74, 6) is -0.219. The van der Waals surface area contributed by atoms with Gasteiger partial charge in [-0.3, -0.25) is 19.1 Å². The van der Waals surface area contributed by atoms with Crippen LogP contribution in [0.5, 0.6) is 5.75 Å². The highest BCUT2D eigenvalue weighted by Gasteiger charge is 2.29. The fourth-order valence-corrected chi connectivity index (χ4v) is 4.57. The molecule has 1 heterocycles. The van der Waals surface area contributed by atoms with Crippen molar-refractivity contribution in [2.45, 2.75) is 53.0 Å². The van der Waals surface area contributed by atoms with E-state index in [9.17, 15) is 14.4 Å². The van der Waals surface area contributed by atoms with Crippen molar-refractivity contribution in [2.24, 2.45) is 12.5 Å². The standard InChI is InChI=1S/C30H40ClN5O4/c1-8-40-24-15-14-20(31)16-22(24)27(38)33-19-29(2,3)18-25(37)34-26-23(17-30(4,5)32-6)35(7)36(28(26)39)21-12-10-9-11-13-21/h9-16,32H,8,17-19H2,1-7H3,(H,33,38)(H,34,37). The molecule has 3 aromatic rings. The lowest BCUT2D eigenvalue weighted by molar-refractivity contribution is -0.118. The molecule has 0 radical (unpaired) electrons. The number of nitrogens with zero attached hydrogens (tertiary/aromatic N) is 2. The summed E-state index contributed by atoms with van der Waals surface area (Å²) in [4.78, 5) is 39.8. The van der Waals surface area contributed by atoms with Crippen LogP contribution in [0.3, 0.4) is 0 Å². The average molecular weight is 570 g/mol. The molecule has 0 saturated carbocycles. The third-order valence-electron chi connectivity index (χ3n) is 6.79. The maximum Gasteiger partial charge on any atom is 0.295 e. The topological polar surface area (TPSA) is 106 Å². The smallest absolute Gasteiger partial charge is 0.295 e. The quantitative estimate of drug-likeness (QED) is 0.297. The highest BCUT2D eigenvalue weighted by Crippen LogP contribution is 2.26. The van der Waals surface area contributed by atoms with Crippen LogP contribution in [0, 0.1) is 5.41 Å². The number of hydrogen-bond acceptors (Lipinski definition) is 5. The van der Waals surface area contributed by atoms with Crippen molar-refractivity contribution in [3.8, 4) is 11.4 Å². The first-order valence-electron chi connectivity index (χ1n) is 13.3. The average Bonchev–Trinajstić information content (AvgIpc) is 3.12. The van der Waals surface area contributed by atoms with Crippen LogP contribution in [0.4, 0.5) is 5.69 Å². The number of aromatic nitrogens is 2. The van der Waals surface area contributed by atoms with Crippen LogP contribution < -0.4 is 26.2 Å². The number of hydrogen-bond donors (Lipinski definition) is 3. The van der Waals surface area contributed by atoms with E-state index in [0.29, 0.717) is 40.7 Å². The minimum absolute atomic E-state index is 0.0790. The molecule has 40 heavy (non-hydrogen) atoms. The summed E-state index contributed by atoms with van der Waals surface area (Å²) in [6, 6.07) is 14.2. The highest BCUT2D eigenvalue weighted by atomic mass is 35.5. The summed E-state index contributed by atoms with van der Waals surface area (Å²) < 4.78 is 8.91. The van der Waals surface area contributed by atoms with Crippen molar-refractivity contribution in [3.63, 3.8) is 0 Å². The van der Waals surface area contributed by atoms with E-state index in [1.807, 2.05) is 79.0 Å². The number of likely N-dealkylation sites (N-methyl/N-ethyl adjacent to an activating group) is 1. The Hall–Kier alpha value is -3.56. The molecule has 0 bridgehead atoms. The minimum Gasteiger partial charge on any atom is -0.493 e. The molecule has 0 aliphatic carbocycles. The van der Waals surface area contributed by atoms with E-state index >= 15 is 0 Å². The lowest BCUT2D eigenvalue weighted by atomic mass is 9.88. The summed E-state index contributed by atoms with van der Waals surface area (Å²) in [5, 5.41) is 9.48. The van der Waals surface area contributed by atoms with Crippen LogP contribution in [0.2, 0.25) is 5.02 Å². The van der Waals surface area contributed by atoms with Gasteiger partial charge >= 0.3 is 0 Å². The normalized spacial score (nSPS) is 11.8. The maximum atomic E-state index is 13.6. The number of anilines is 1. The van der Waals surface area contributed by atoms with E-state index in [-0.39, 0.29) is 41.6 Å². The van der Waals surface area contributed by atoms with E-state index in [1.54, 1.807) is 27.6 Å². The first-order chi connectivity index (χ1) is 18.8. The Morgan fingerprint density at radius 2 is 1.73 bits per heavy atom. The second kappa shape index (κ2) is 12.7. The molecule has 9 nitrogen and oxygen atoms in total. The molecule has 3 rings (SSSR count). The molecule has 10 heteroatoms. The summed E-state index contributed by atoms with van der Waals surface area (Å²) in [6.45, 7) is 10.3. The Morgan fingerprint density at radius 3 is 2.35 bits per heavy atom. The lowest BCUT2D eigenvalue weighted by Crippen LogP contribution is -2.39. The van der Waals surface area contributed by atoms with E-state index < -0.39 is 5.41 Å². The number of carbonyl (C=O) groups excluding carboxylic acids is 2. The number of carbonyl (C=O) groups is 2. The van der Waals surface area contributed by atoms with Crippen LogP contribution in [-0.2, 0) is 18.3 Å². The number of ether oxygens (including phenoxy) is 1. The predicted octanol–water partition coefficient (Wildman–Crippen LogP) is 4.55. The van der Waals surface area contributed by atoms with Gasteiger partial charge in [-0.05, 0) is 63.6 Å². The van der Waals surface area contributed by atoms with Crippen LogP contribution >= 0.6 is 11.6 Å². The first kappa shape index (κ1) is 31.0. The zero-order valence-electron chi connectivity index (χ0n) is 24.4. The Labute approximate surface area is 240 Å². The van der Waals surface area contributed by atoms with Gasteiger partial charge in [0.15, 0.2) is 0 Å². The molecule has 0 unspecified atom stereocenters. The van der Waals surface area contributed by atoms with Gasteiger partial charge in [-0.25, -0.2) is 4.68 Å². The molecular formula is C30H40ClN5O4. The van der Waals surface area contributed by atoms with E-state index in [2.05, 4.69) is 16.0 Å². The number of halogens is 1. The summed E-state index contributed by atoms with van der Waals surface area (Å²) >= 11 is 6.10. The molecule has 0 aliphatic heterocycles. The number of benzene rings is 2. The Balaban J connectivity index is 1.80. The van der Waals surface area contributed by atoms with Crippen LogP contribution in [0.15, 0.2) is 53.3 Å². The van der Waals surface area contributed by atoms with Crippen molar-refractivity contribution in [2.75, 3.05) is 25.5 Å². The Kier molecular flexibility index (Phi) is 9.87. The molecule has 1 aromatic heterocycles. The second-order valence-electron chi connectivity index (χ2n) is 11.3. The molecular weight excluding hydrogens is 530 g/mol. The van der Waals surface area contributed by atoms with Gasteiger partial charge in [0.25, 0.3) is 11.5 Å². The monoisotopic (exact) mass is 569 g/mol. The summed E-state index contributed by atoms with van der Waals surface area (Å²) in [5.41, 5.74) is 0.751.